The molecule has 1 aliphatic rings. The van der Waals surface area contributed by atoms with Crippen molar-refractivity contribution in [1.29, 1.82) is 5.26 Å². The Morgan fingerprint density at radius 3 is 2.68 bits per heavy atom. The molecule has 0 heterocycles. The Hall–Kier alpha value is -1.60. The van der Waals surface area contributed by atoms with Crippen LogP contribution in [0.3, 0.4) is 0 Å². The third-order valence-corrected chi connectivity index (χ3v) is 3.70. The van der Waals surface area contributed by atoms with Gasteiger partial charge in [0.1, 0.15) is 11.9 Å². The Labute approximate surface area is 116 Å². The van der Waals surface area contributed by atoms with E-state index in [4.69, 9.17) is 16.9 Å². The first-order chi connectivity index (χ1) is 9.11. The maximum Gasteiger partial charge on any atom is 0.227 e. The van der Waals surface area contributed by atoms with Gasteiger partial charge >= 0.3 is 0 Å². The highest BCUT2D eigenvalue weighted by Crippen LogP contribution is 2.30. The summed E-state index contributed by atoms with van der Waals surface area (Å²) in [6.07, 6.45) is 4.95. The highest BCUT2D eigenvalue weighted by atomic mass is 35.5. The van der Waals surface area contributed by atoms with Crippen molar-refractivity contribution in [3.8, 4) is 6.07 Å². The van der Waals surface area contributed by atoms with Gasteiger partial charge < -0.3 is 5.32 Å². The summed E-state index contributed by atoms with van der Waals surface area (Å²) in [5.41, 5.74) is 0.260. The van der Waals surface area contributed by atoms with Crippen LogP contribution in [0, 0.1) is 23.1 Å². The van der Waals surface area contributed by atoms with Gasteiger partial charge in [0.25, 0.3) is 0 Å². The number of carbonyl (C=O) groups is 1. The van der Waals surface area contributed by atoms with Gasteiger partial charge in [-0.2, -0.15) is 5.26 Å². The lowest BCUT2D eigenvalue weighted by Gasteiger charge is -2.21. The summed E-state index contributed by atoms with van der Waals surface area (Å²) in [4.78, 5) is 12.1. The van der Waals surface area contributed by atoms with Crippen LogP contribution < -0.4 is 5.32 Å². The fraction of sp³-hybridized carbons (Fsp3) is 0.429. The monoisotopic (exact) mass is 280 g/mol. The number of carbonyl (C=O) groups excluding carboxylic acids is 1. The molecular formula is C14H14ClFN2O. The molecule has 1 saturated carbocycles. The van der Waals surface area contributed by atoms with E-state index in [0.29, 0.717) is 0 Å². The van der Waals surface area contributed by atoms with E-state index >= 15 is 0 Å². The standard InChI is InChI=1S/C14H14ClFN2O/c15-12-7-11(16)6-10(8-17)13(12)18-14(19)9-4-2-1-3-5-9/h6-7,9H,1-5H2,(H,18,19). The second-order valence-electron chi connectivity index (χ2n) is 4.75. The molecule has 0 radical (unpaired) electrons. The summed E-state index contributed by atoms with van der Waals surface area (Å²) >= 11 is 5.89. The van der Waals surface area contributed by atoms with Crippen molar-refractivity contribution in [3.05, 3.63) is 28.5 Å². The molecule has 0 saturated heterocycles. The fourth-order valence-electron chi connectivity index (χ4n) is 2.38. The largest absolute Gasteiger partial charge is 0.323 e. The molecule has 0 aromatic heterocycles. The van der Waals surface area contributed by atoms with Crippen LogP contribution in [0.4, 0.5) is 10.1 Å². The SMILES string of the molecule is N#Cc1cc(F)cc(Cl)c1NC(=O)C1CCCCC1. The van der Waals surface area contributed by atoms with Gasteiger partial charge in [-0.1, -0.05) is 30.9 Å². The number of nitriles is 1. The third kappa shape index (κ3) is 3.24. The number of benzene rings is 1. The van der Waals surface area contributed by atoms with Gasteiger partial charge in [0.15, 0.2) is 0 Å². The Morgan fingerprint density at radius 2 is 2.05 bits per heavy atom. The number of amides is 1. The van der Waals surface area contributed by atoms with Crippen molar-refractivity contribution in [1.82, 2.24) is 0 Å². The number of nitrogens with zero attached hydrogens (tertiary/aromatic N) is 1. The maximum absolute atomic E-state index is 13.1. The fourth-order valence-corrected chi connectivity index (χ4v) is 2.63. The normalized spacial score (nSPS) is 15.8. The Kier molecular flexibility index (Phi) is 4.39. The van der Waals surface area contributed by atoms with E-state index < -0.39 is 5.82 Å². The Morgan fingerprint density at radius 1 is 1.37 bits per heavy atom. The van der Waals surface area contributed by atoms with Crippen LogP contribution >= 0.6 is 11.6 Å². The van der Waals surface area contributed by atoms with E-state index in [0.717, 1.165) is 44.2 Å². The van der Waals surface area contributed by atoms with Gasteiger partial charge in [0, 0.05) is 5.92 Å². The molecule has 19 heavy (non-hydrogen) atoms. The van der Waals surface area contributed by atoms with Gasteiger partial charge in [0.05, 0.1) is 16.3 Å². The number of halogens is 2. The number of hydrogen-bond donors (Lipinski definition) is 1. The van der Waals surface area contributed by atoms with Crippen LogP contribution in [-0.4, -0.2) is 5.91 Å². The highest BCUT2D eigenvalue weighted by Gasteiger charge is 2.22. The summed E-state index contributed by atoms with van der Waals surface area (Å²) in [6, 6.07) is 4.01. The molecule has 1 aliphatic carbocycles. The van der Waals surface area contributed by atoms with Crippen LogP contribution in [-0.2, 0) is 4.79 Å². The molecule has 0 spiro atoms. The van der Waals surface area contributed by atoms with Crippen LogP contribution in [0.15, 0.2) is 12.1 Å². The molecular weight excluding hydrogens is 267 g/mol. The molecule has 100 valence electrons. The minimum absolute atomic E-state index is 0.0404. The molecule has 5 heteroatoms. The van der Waals surface area contributed by atoms with Crippen molar-refractivity contribution in [3.63, 3.8) is 0 Å². The molecule has 0 aliphatic heterocycles. The lowest BCUT2D eigenvalue weighted by Crippen LogP contribution is -2.25. The zero-order valence-electron chi connectivity index (χ0n) is 10.4. The maximum atomic E-state index is 13.1. The average Bonchev–Trinajstić information content (AvgIpc) is 2.42. The molecule has 2 rings (SSSR count). The smallest absolute Gasteiger partial charge is 0.227 e. The first-order valence-corrected chi connectivity index (χ1v) is 6.69. The first kappa shape index (κ1) is 13.8. The van der Waals surface area contributed by atoms with E-state index in [1.165, 1.54) is 0 Å². The number of hydrogen-bond acceptors (Lipinski definition) is 2. The minimum Gasteiger partial charge on any atom is -0.323 e. The van der Waals surface area contributed by atoms with Crippen LogP contribution in [0.2, 0.25) is 5.02 Å². The quantitative estimate of drug-likeness (QED) is 0.894. The number of anilines is 1. The van der Waals surface area contributed by atoms with Gasteiger partial charge in [-0.25, -0.2) is 4.39 Å². The Balaban J connectivity index is 2.18. The van der Waals surface area contributed by atoms with Crippen molar-refractivity contribution in [2.75, 3.05) is 5.32 Å². The van der Waals surface area contributed by atoms with E-state index in [1.54, 1.807) is 0 Å². The van der Waals surface area contributed by atoms with Gasteiger partial charge in [0.2, 0.25) is 5.91 Å². The number of rotatable bonds is 2. The van der Waals surface area contributed by atoms with E-state index in [9.17, 15) is 9.18 Å². The molecule has 3 nitrogen and oxygen atoms in total. The average molecular weight is 281 g/mol. The summed E-state index contributed by atoms with van der Waals surface area (Å²) in [5, 5.41) is 11.7. The summed E-state index contributed by atoms with van der Waals surface area (Å²) < 4.78 is 13.1. The Bertz CT molecular complexity index is 533. The van der Waals surface area contributed by atoms with Crippen molar-refractivity contribution in [2.45, 2.75) is 32.1 Å². The zero-order chi connectivity index (χ0) is 13.8. The lowest BCUT2D eigenvalue weighted by molar-refractivity contribution is -0.120. The summed E-state index contributed by atoms with van der Waals surface area (Å²) in [5.74, 6) is -0.761. The molecule has 0 atom stereocenters. The lowest BCUT2D eigenvalue weighted by atomic mass is 9.88. The summed E-state index contributed by atoms with van der Waals surface area (Å²) in [7, 11) is 0. The molecule has 1 fully saturated rings. The highest BCUT2D eigenvalue weighted by molar-refractivity contribution is 6.34. The third-order valence-electron chi connectivity index (χ3n) is 3.40. The molecule has 1 aromatic rings. The first-order valence-electron chi connectivity index (χ1n) is 6.32. The summed E-state index contributed by atoms with van der Waals surface area (Å²) in [6.45, 7) is 0. The van der Waals surface area contributed by atoms with Crippen LogP contribution in [0.1, 0.15) is 37.7 Å². The predicted octanol–water partition coefficient (Wildman–Crippen LogP) is 3.87. The predicted molar refractivity (Wildman–Crippen MR) is 71.3 cm³/mol. The second kappa shape index (κ2) is 6.03. The molecule has 1 amide bonds. The van der Waals surface area contributed by atoms with Crippen molar-refractivity contribution < 1.29 is 9.18 Å². The van der Waals surface area contributed by atoms with Crippen molar-refractivity contribution in [2.24, 2.45) is 5.92 Å². The second-order valence-corrected chi connectivity index (χ2v) is 5.15. The van der Waals surface area contributed by atoms with E-state index in [-0.39, 0.29) is 28.1 Å². The molecule has 0 bridgehead atoms. The topological polar surface area (TPSA) is 52.9 Å². The van der Waals surface area contributed by atoms with Gasteiger partial charge in [-0.15, -0.1) is 0 Å². The molecule has 0 unspecified atom stereocenters. The number of nitrogens with one attached hydrogen (secondary N) is 1. The zero-order valence-corrected chi connectivity index (χ0v) is 11.1. The van der Waals surface area contributed by atoms with Crippen molar-refractivity contribution >= 4 is 23.2 Å². The van der Waals surface area contributed by atoms with E-state index in [1.807, 2.05) is 6.07 Å². The minimum atomic E-state index is -0.586. The molecule has 1 N–H and O–H groups in total. The van der Waals surface area contributed by atoms with Crippen LogP contribution in [0.5, 0.6) is 0 Å². The van der Waals surface area contributed by atoms with E-state index in [2.05, 4.69) is 5.32 Å². The van der Waals surface area contributed by atoms with Crippen LogP contribution in [0.25, 0.3) is 0 Å². The molecule has 1 aromatic carbocycles. The van der Waals surface area contributed by atoms with Gasteiger partial charge in [-0.3, -0.25) is 4.79 Å². The van der Waals surface area contributed by atoms with Gasteiger partial charge in [-0.05, 0) is 25.0 Å².